The summed E-state index contributed by atoms with van der Waals surface area (Å²) in [6.45, 7) is 4.30. The van der Waals surface area contributed by atoms with E-state index in [-0.39, 0.29) is 11.7 Å². The molecule has 4 rings (SSSR count). The molecule has 0 unspecified atom stereocenters. The maximum atomic E-state index is 10.1. The molecule has 1 N–H and O–H groups in total. The van der Waals surface area contributed by atoms with Crippen LogP contribution in [0.25, 0.3) is 0 Å². The summed E-state index contributed by atoms with van der Waals surface area (Å²) >= 11 is 1.83. The lowest BCUT2D eigenvalue weighted by atomic mass is 9.79. The minimum absolute atomic E-state index is 0.0400. The van der Waals surface area contributed by atoms with Gasteiger partial charge in [-0.1, -0.05) is 0 Å². The van der Waals surface area contributed by atoms with E-state index in [2.05, 4.69) is 14.8 Å². The molecule has 0 spiro atoms. The molecule has 3 fully saturated rings. The first-order valence-electron chi connectivity index (χ1n) is 8.87. The molecule has 5 nitrogen and oxygen atoms in total. The van der Waals surface area contributed by atoms with Gasteiger partial charge in [-0.05, 0) is 38.5 Å². The second kappa shape index (κ2) is 6.31. The van der Waals surface area contributed by atoms with E-state index in [0.29, 0.717) is 6.04 Å². The van der Waals surface area contributed by atoms with E-state index in [0.717, 1.165) is 51.9 Å². The summed E-state index contributed by atoms with van der Waals surface area (Å²) in [6.07, 6.45) is 8.22. The van der Waals surface area contributed by atoms with Crippen LogP contribution in [-0.4, -0.2) is 59.5 Å². The van der Waals surface area contributed by atoms with Gasteiger partial charge in [0.2, 0.25) is 0 Å². The average Bonchev–Trinajstić information content (AvgIpc) is 3.28. The van der Waals surface area contributed by atoms with Gasteiger partial charge in [-0.3, -0.25) is 4.90 Å². The third-order valence-electron chi connectivity index (χ3n) is 5.95. The number of rotatable bonds is 4. The molecule has 2 saturated heterocycles. The predicted molar refractivity (Wildman–Crippen MR) is 92.0 cm³/mol. The van der Waals surface area contributed by atoms with Gasteiger partial charge in [0.15, 0.2) is 5.13 Å². The number of aromatic nitrogens is 1. The molecule has 1 saturated carbocycles. The lowest BCUT2D eigenvalue weighted by Crippen LogP contribution is -2.51. The van der Waals surface area contributed by atoms with Crippen molar-refractivity contribution in [1.29, 1.82) is 0 Å². The van der Waals surface area contributed by atoms with Crippen molar-refractivity contribution >= 4 is 16.5 Å². The zero-order chi connectivity index (χ0) is 15.9. The lowest BCUT2D eigenvalue weighted by Gasteiger charge is -2.42. The lowest BCUT2D eigenvalue weighted by molar-refractivity contribution is -0.0878. The van der Waals surface area contributed by atoms with Crippen molar-refractivity contribution in [1.82, 2.24) is 9.88 Å². The fourth-order valence-electron chi connectivity index (χ4n) is 4.58. The topological polar surface area (TPSA) is 48.8 Å². The Kier molecular flexibility index (Phi) is 4.34. The van der Waals surface area contributed by atoms with Crippen LogP contribution in [0.3, 0.4) is 0 Å². The second-order valence-electron chi connectivity index (χ2n) is 7.24. The molecule has 0 bridgehead atoms. The van der Waals surface area contributed by atoms with Crippen LogP contribution in [-0.2, 0) is 11.3 Å². The minimum Gasteiger partial charge on any atom is -0.393 e. The summed E-state index contributed by atoms with van der Waals surface area (Å²) in [5.74, 6) is 0. The summed E-state index contributed by atoms with van der Waals surface area (Å²) in [6, 6.07) is 0.341. The maximum absolute atomic E-state index is 10.1. The molecule has 0 aromatic carbocycles. The summed E-state index contributed by atoms with van der Waals surface area (Å²) in [4.78, 5) is 10.9. The van der Waals surface area contributed by atoms with Gasteiger partial charge in [0.05, 0.1) is 11.7 Å². The first-order chi connectivity index (χ1) is 11.2. The van der Waals surface area contributed by atoms with Gasteiger partial charge in [0, 0.05) is 50.4 Å². The molecule has 3 aliphatic rings. The van der Waals surface area contributed by atoms with Gasteiger partial charge >= 0.3 is 0 Å². The molecule has 1 aromatic rings. The summed E-state index contributed by atoms with van der Waals surface area (Å²) in [5, 5.41) is 11.3. The number of nitrogens with zero attached hydrogens (tertiary/aromatic N) is 3. The summed E-state index contributed by atoms with van der Waals surface area (Å²) < 4.78 is 5.93. The number of ether oxygens (including phenoxy) is 1. The van der Waals surface area contributed by atoms with Gasteiger partial charge in [0.1, 0.15) is 0 Å². The van der Waals surface area contributed by atoms with E-state index in [1.807, 2.05) is 24.6 Å². The SMILES string of the molecule is CO[C@]12CC[C@@H](O)C[C@H]1N(Cc1cnc(N3CCCC3)s1)CC2. The highest BCUT2D eigenvalue weighted by atomic mass is 32.1. The number of hydrogen-bond acceptors (Lipinski definition) is 6. The Balaban J connectivity index is 1.46. The van der Waals surface area contributed by atoms with Crippen molar-refractivity contribution in [2.75, 3.05) is 31.6 Å². The molecule has 0 amide bonds. The predicted octanol–water partition coefficient (Wildman–Crippen LogP) is 2.25. The normalized spacial score (nSPS) is 35.0. The average molecular weight is 337 g/mol. The Morgan fingerprint density at radius 1 is 1.35 bits per heavy atom. The minimum atomic E-state index is -0.175. The number of likely N-dealkylation sites (tertiary alicyclic amines) is 1. The Bertz CT molecular complexity index is 546. The van der Waals surface area contributed by atoms with E-state index < -0.39 is 0 Å². The Morgan fingerprint density at radius 2 is 2.17 bits per heavy atom. The largest absolute Gasteiger partial charge is 0.393 e. The molecule has 3 atom stereocenters. The zero-order valence-corrected chi connectivity index (χ0v) is 14.7. The van der Waals surface area contributed by atoms with E-state index in [9.17, 15) is 5.11 Å². The van der Waals surface area contributed by atoms with Crippen molar-refractivity contribution in [3.05, 3.63) is 11.1 Å². The van der Waals surface area contributed by atoms with E-state index in [4.69, 9.17) is 4.74 Å². The third kappa shape index (κ3) is 2.90. The van der Waals surface area contributed by atoms with E-state index in [1.165, 1.54) is 22.9 Å². The zero-order valence-electron chi connectivity index (χ0n) is 13.9. The number of methoxy groups -OCH3 is 1. The van der Waals surface area contributed by atoms with Gasteiger partial charge in [-0.25, -0.2) is 4.98 Å². The van der Waals surface area contributed by atoms with Crippen LogP contribution in [0.15, 0.2) is 6.20 Å². The Labute approximate surface area is 142 Å². The molecule has 1 aromatic heterocycles. The molecule has 0 radical (unpaired) electrons. The molecule has 1 aliphatic carbocycles. The molecule has 128 valence electrons. The fourth-order valence-corrected chi connectivity index (χ4v) is 5.57. The van der Waals surface area contributed by atoms with E-state index >= 15 is 0 Å². The Hall–Kier alpha value is -0.690. The van der Waals surface area contributed by atoms with Crippen molar-refractivity contribution in [2.45, 2.75) is 62.8 Å². The number of hydrogen-bond donors (Lipinski definition) is 1. The van der Waals surface area contributed by atoms with Crippen LogP contribution in [0, 0.1) is 0 Å². The quantitative estimate of drug-likeness (QED) is 0.913. The van der Waals surface area contributed by atoms with Crippen LogP contribution < -0.4 is 4.90 Å². The number of aliphatic hydroxyl groups excluding tert-OH is 1. The van der Waals surface area contributed by atoms with Crippen molar-refractivity contribution in [3.63, 3.8) is 0 Å². The van der Waals surface area contributed by atoms with Crippen LogP contribution in [0.5, 0.6) is 0 Å². The molecule has 23 heavy (non-hydrogen) atoms. The monoisotopic (exact) mass is 337 g/mol. The summed E-state index contributed by atoms with van der Waals surface area (Å²) in [5.41, 5.74) is -0.0400. The number of fused-ring (bicyclic) bond motifs is 1. The first-order valence-corrected chi connectivity index (χ1v) is 9.69. The number of thiazole rings is 1. The van der Waals surface area contributed by atoms with Crippen LogP contribution in [0.2, 0.25) is 0 Å². The smallest absolute Gasteiger partial charge is 0.185 e. The van der Waals surface area contributed by atoms with Crippen LogP contribution in [0.1, 0.15) is 43.4 Å². The Morgan fingerprint density at radius 3 is 2.96 bits per heavy atom. The summed E-state index contributed by atoms with van der Waals surface area (Å²) in [7, 11) is 1.84. The first kappa shape index (κ1) is 15.8. The molecule has 6 heteroatoms. The maximum Gasteiger partial charge on any atom is 0.185 e. The number of anilines is 1. The van der Waals surface area contributed by atoms with Gasteiger partial charge in [0.25, 0.3) is 0 Å². The van der Waals surface area contributed by atoms with Crippen LogP contribution in [0.4, 0.5) is 5.13 Å². The standard InChI is InChI=1S/C17H27N3O2S/c1-22-17-5-4-13(21)10-15(17)20(9-6-17)12-14-11-18-16(23-14)19-7-2-3-8-19/h11,13,15,21H,2-10,12H2,1H3/t13-,15-,17+/m1/s1. The van der Waals surface area contributed by atoms with E-state index in [1.54, 1.807) is 0 Å². The molecular weight excluding hydrogens is 310 g/mol. The highest BCUT2D eigenvalue weighted by Gasteiger charge is 2.50. The van der Waals surface area contributed by atoms with Crippen molar-refractivity contribution in [3.8, 4) is 0 Å². The highest BCUT2D eigenvalue weighted by Crippen LogP contribution is 2.43. The highest BCUT2D eigenvalue weighted by molar-refractivity contribution is 7.15. The van der Waals surface area contributed by atoms with Gasteiger partial charge in [-0.2, -0.15) is 0 Å². The van der Waals surface area contributed by atoms with Gasteiger partial charge < -0.3 is 14.7 Å². The fraction of sp³-hybridized carbons (Fsp3) is 0.824. The van der Waals surface area contributed by atoms with Crippen molar-refractivity contribution in [2.24, 2.45) is 0 Å². The third-order valence-corrected chi connectivity index (χ3v) is 6.99. The van der Waals surface area contributed by atoms with Crippen molar-refractivity contribution < 1.29 is 9.84 Å². The van der Waals surface area contributed by atoms with Crippen LogP contribution >= 0.6 is 11.3 Å². The molecular formula is C17H27N3O2S. The molecule has 2 aliphatic heterocycles. The second-order valence-corrected chi connectivity index (χ2v) is 8.33. The van der Waals surface area contributed by atoms with Gasteiger partial charge in [-0.15, -0.1) is 11.3 Å². The number of aliphatic hydroxyl groups is 1. The molecule has 3 heterocycles.